The monoisotopic (exact) mass is 424 g/mol. The Labute approximate surface area is 168 Å². The molecule has 0 aliphatic heterocycles. The third-order valence-corrected chi connectivity index (χ3v) is 7.18. The minimum absolute atomic E-state index is 0.161. The van der Waals surface area contributed by atoms with Crippen LogP contribution in [0, 0.1) is 5.41 Å². The SMILES string of the molecule is COc1ccc2c(c1)CCC[C@H]2NS(=O)(=O)c1nnc(NC(=O)C(C)(C)C)s1. The molecule has 1 heterocycles. The van der Waals surface area contributed by atoms with Crippen molar-refractivity contribution in [3.8, 4) is 5.75 Å². The molecule has 1 atom stereocenters. The van der Waals surface area contributed by atoms with Crippen LogP contribution in [0.5, 0.6) is 5.75 Å². The van der Waals surface area contributed by atoms with E-state index >= 15 is 0 Å². The Hall–Kier alpha value is -2.04. The van der Waals surface area contributed by atoms with Crippen LogP contribution in [0.3, 0.4) is 0 Å². The molecule has 1 aromatic heterocycles. The van der Waals surface area contributed by atoms with Gasteiger partial charge in [-0.2, -0.15) is 0 Å². The summed E-state index contributed by atoms with van der Waals surface area (Å²) in [6.45, 7) is 5.29. The molecule has 0 unspecified atom stereocenters. The second-order valence-electron chi connectivity index (χ2n) is 7.71. The molecule has 3 rings (SSSR count). The number of nitrogens with zero attached hydrogens (tertiary/aromatic N) is 2. The van der Waals surface area contributed by atoms with Gasteiger partial charge in [-0.3, -0.25) is 4.79 Å². The lowest BCUT2D eigenvalue weighted by Crippen LogP contribution is -2.31. The Morgan fingerprint density at radius 2 is 2.04 bits per heavy atom. The predicted octanol–water partition coefficient (Wildman–Crippen LogP) is 2.89. The van der Waals surface area contributed by atoms with Crippen molar-refractivity contribution in [2.75, 3.05) is 12.4 Å². The fourth-order valence-electron chi connectivity index (χ4n) is 2.93. The van der Waals surface area contributed by atoms with Crippen LogP contribution in [0.25, 0.3) is 0 Å². The lowest BCUT2D eigenvalue weighted by atomic mass is 9.88. The Morgan fingerprint density at radius 1 is 1.29 bits per heavy atom. The van der Waals surface area contributed by atoms with E-state index in [1.54, 1.807) is 27.9 Å². The number of sulfonamides is 1. The first-order valence-electron chi connectivity index (χ1n) is 8.94. The van der Waals surface area contributed by atoms with E-state index in [0.717, 1.165) is 41.1 Å². The number of carbonyl (C=O) groups excluding carboxylic acids is 1. The average molecular weight is 425 g/mol. The summed E-state index contributed by atoms with van der Waals surface area (Å²) in [6, 6.07) is 5.34. The molecule has 0 saturated carbocycles. The number of anilines is 1. The molecule has 152 valence electrons. The van der Waals surface area contributed by atoms with Gasteiger partial charge in [0, 0.05) is 11.5 Å². The van der Waals surface area contributed by atoms with E-state index in [1.165, 1.54) is 0 Å². The third-order valence-electron chi connectivity index (χ3n) is 4.50. The number of aromatic nitrogens is 2. The molecule has 1 aromatic carbocycles. The number of benzene rings is 1. The topological polar surface area (TPSA) is 110 Å². The zero-order valence-corrected chi connectivity index (χ0v) is 17.9. The number of amides is 1. The van der Waals surface area contributed by atoms with Crippen molar-refractivity contribution in [2.45, 2.75) is 50.4 Å². The summed E-state index contributed by atoms with van der Waals surface area (Å²) >= 11 is 0.836. The smallest absolute Gasteiger partial charge is 0.270 e. The summed E-state index contributed by atoms with van der Waals surface area (Å²) in [7, 11) is -2.25. The molecule has 2 aromatic rings. The molecule has 8 nitrogen and oxygen atoms in total. The molecule has 0 saturated heterocycles. The number of ether oxygens (including phenoxy) is 1. The first kappa shape index (κ1) is 20.7. The zero-order chi connectivity index (χ0) is 20.5. The van der Waals surface area contributed by atoms with Gasteiger partial charge in [-0.25, -0.2) is 13.1 Å². The van der Waals surface area contributed by atoms with Gasteiger partial charge in [-0.1, -0.05) is 38.2 Å². The van der Waals surface area contributed by atoms with Gasteiger partial charge in [0.05, 0.1) is 7.11 Å². The highest BCUT2D eigenvalue weighted by atomic mass is 32.2. The van der Waals surface area contributed by atoms with Crippen LogP contribution in [-0.2, 0) is 21.2 Å². The number of hydrogen-bond acceptors (Lipinski definition) is 7. The number of fused-ring (bicyclic) bond motifs is 1. The first-order chi connectivity index (χ1) is 13.1. The maximum atomic E-state index is 12.8. The highest BCUT2D eigenvalue weighted by Crippen LogP contribution is 2.33. The van der Waals surface area contributed by atoms with Crippen molar-refractivity contribution in [3.63, 3.8) is 0 Å². The van der Waals surface area contributed by atoms with Gasteiger partial charge in [0.25, 0.3) is 10.0 Å². The van der Waals surface area contributed by atoms with Gasteiger partial charge in [0.15, 0.2) is 0 Å². The number of hydrogen-bond donors (Lipinski definition) is 2. The standard InChI is InChI=1S/C18H24N4O4S2/c1-18(2,3)15(23)19-16-20-21-17(27-16)28(24,25)22-14-7-5-6-11-10-12(26-4)8-9-13(11)14/h8-10,14,22H,5-7H2,1-4H3,(H,19,20,23)/t14-/m1/s1. The largest absolute Gasteiger partial charge is 0.497 e. The fraction of sp³-hybridized carbons (Fsp3) is 0.500. The van der Waals surface area contributed by atoms with Crippen LogP contribution in [0.15, 0.2) is 22.5 Å². The van der Waals surface area contributed by atoms with Crippen LogP contribution >= 0.6 is 11.3 Å². The summed E-state index contributed by atoms with van der Waals surface area (Å²) in [6.07, 6.45) is 2.45. The van der Waals surface area contributed by atoms with E-state index in [9.17, 15) is 13.2 Å². The van der Waals surface area contributed by atoms with Crippen LogP contribution in [0.2, 0.25) is 0 Å². The number of carbonyl (C=O) groups is 1. The van der Waals surface area contributed by atoms with Gasteiger partial charge in [-0.05, 0) is 42.5 Å². The van der Waals surface area contributed by atoms with Crippen molar-refractivity contribution in [1.82, 2.24) is 14.9 Å². The Bertz CT molecular complexity index is 980. The molecule has 28 heavy (non-hydrogen) atoms. The molecule has 10 heteroatoms. The van der Waals surface area contributed by atoms with Crippen molar-refractivity contribution < 1.29 is 17.9 Å². The molecular formula is C18H24N4O4S2. The molecule has 1 aliphatic carbocycles. The van der Waals surface area contributed by atoms with E-state index in [-0.39, 0.29) is 21.4 Å². The quantitative estimate of drug-likeness (QED) is 0.714. The van der Waals surface area contributed by atoms with E-state index < -0.39 is 15.4 Å². The van der Waals surface area contributed by atoms with Crippen molar-refractivity contribution in [1.29, 1.82) is 0 Å². The normalized spacial score (nSPS) is 17.1. The van der Waals surface area contributed by atoms with Crippen LogP contribution in [-0.4, -0.2) is 31.6 Å². The number of aryl methyl sites for hydroxylation is 1. The van der Waals surface area contributed by atoms with Gasteiger partial charge >= 0.3 is 0 Å². The van der Waals surface area contributed by atoms with E-state index in [0.29, 0.717) is 6.42 Å². The van der Waals surface area contributed by atoms with E-state index in [4.69, 9.17) is 4.74 Å². The predicted molar refractivity (Wildman–Crippen MR) is 107 cm³/mol. The second kappa shape index (κ2) is 7.76. The maximum Gasteiger partial charge on any atom is 0.270 e. The van der Waals surface area contributed by atoms with Crippen molar-refractivity contribution >= 4 is 32.4 Å². The van der Waals surface area contributed by atoms with E-state index in [2.05, 4.69) is 20.2 Å². The summed E-state index contributed by atoms with van der Waals surface area (Å²) in [5.74, 6) is 0.501. The van der Waals surface area contributed by atoms with Gasteiger partial charge in [-0.15, -0.1) is 10.2 Å². The van der Waals surface area contributed by atoms with E-state index in [1.807, 2.05) is 18.2 Å². The van der Waals surface area contributed by atoms with Crippen LogP contribution in [0.4, 0.5) is 5.13 Å². The molecule has 0 radical (unpaired) electrons. The van der Waals surface area contributed by atoms with Gasteiger partial charge < -0.3 is 10.1 Å². The summed E-state index contributed by atoms with van der Waals surface area (Å²) in [5, 5.41) is 10.3. The lowest BCUT2D eigenvalue weighted by molar-refractivity contribution is -0.123. The van der Waals surface area contributed by atoms with Crippen LogP contribution in [0.1, 0.15) is 50.8 Å². The van der Waals surface area contributed by atoms with Gasteiger partial charge in [0.2, 0.25) is 15.4 Å². The summed E-state index contributed by atoms with van der Waals surface area (Å²) in [5.41, 5.74) is 1.41. The van der Waals surface area contributed by atoms with Crippen molar-refractivity contribution in [2.24, 2.45) is 5.41 Å². The summed E-state index contributed by atoms with van der Waals surface area (Å²) < 4.78 is 33.4. The molecule has 1 amide bonds. The minimum atomic E-state index is -3.86. The molecule has 2 N–H and O–H groups in total. The van der Waals surface area contributed by atoms with Crippen molar-refractivity contribution in [3.05, 3.63) is 29.3 Å². The maximum absolute atomic E-state index is 12.8. The Morgan fingerprint density at radius 3 is 2.71 bits per heavy atom. The Balaban J connectivity index is 1.78. The average Bonchev–Trinajstić information content (AvgIpc) is 3.10. The number of methoxy groups -OCH3 is 1. The molecule has 0 bridgehead atoms. The minimum Gasteiger partial charge on any atom is -0.497 e. The van der Waals surface area contributed by atoms with Gasteiger partial charge in [0.1, 0.15) is 5.75 Å². The first-order valence-corrected chi connectivity index (χ1v) is 11.2. The second-order valence-corrected chi connectivity index (χ2v) is 10.6. The lowest BCUT2D eigenvalue weighted by Gasteiger charge is -2.26. The Kier molecular flexibility index (Phi) is 5.74. The summed E-state index contributed by atoms with van der Waals surface area (Å²) in [4.78, 5) is 12.1. The number of nitrogens with one attached hydrogen (secondary N) is 2. The molecule has 0 fully saturated rings. The fourth-order valence-corrected chi connectivity index (χ4v) is 5.09. The number of rotatable bonds is 5. The molecule has 0 spiro atoms. The third kappa shape index (κ3) is 4.50. The highest BCUT2D eigenvalue weighted by molar-refractivity contribution is 7.91. The molecule has 1 aliphatic rings. The zero-order valence-electron chi connectivity index (χ0n) is 16.3. The highest BCUT2D eigenvalue weighted by Gasteiger charge is 2.29. The van der Waals surface area contributed by atoms with Crippen LogP contribution < -0.4 is 14.8 Å². The molecular weight excluding hydrogens is 400 g/mol.